The highest BCUT2D eigenvalue weighted by atomic mass is 32.2. The molecule has 2 aromatic rings. The van der Waals surface area contributed by atoms with E-state index < -0.39 is 6.10 Å². The third-order valence-electron chi connectivity index (χ3n) is 4.16. The summed E-state index contributed by atoms with van der Waals surface area (Å²) in [6, 6.07) is 16.1. The molecule has 3 nitrogen and oxygen atoms in total. The highest BCUT2D eigenvalue weighted by Crippen LogP contribution is 2.32. The molecule has 0 saturated heterocycles. The smallest absolute Gasteiger partial charge is 0.268 e. The van der Waals surface area contributed by atoms with Crippen LogP contribution in [0, 0.1) is 0 Å². The average molecular weight is 327 g/mol. The number of nitrogens with zero attached hydrogens (tertiary/aromatic N) is 1. The number of hydrogen-bond acceptors (Lipinski definition) is 3. The molecule has 2 atom stereocenters. The molecule has 2 aromatic carbocycles. The molecule has 0 fully saturated rings. The number of thioether (sulfide) groups is 1. The SMILES string of the molecule is CSc1ccc(OC(C)C(=O)N2c3ccccc3CC2C)cc1. The fourth-order valence-electron chi connectivity index (χ4n) is 3.01. The molecule has 0 N–H and O–H groups in total. The van der Waals surface area contributed by atoms with Crippen LogP contribution in [0.1, 0.15) is 19.4 Å². The lowest BCUT2D eigenvalue weighted by Crippen LogP contribution is -2.43. The van der Waals surface area contributed by atoms with Gasteiger partial charge in [-0.05, 0) is 62.4 Å². The molecular weight excluding hydrogens is 306 g/mol. The van der Waals surface area contributed by atoms with Gasteiger partial charge in [0.2, 0.25) is 0 Å². The summed E-state index contributed by atoms with van der Waals surface area (Å²) in [6.07, 6.45) is 2.43. The Morgan fingerprint density at radius 1 is 1.22 bits per heavy atom. The summed E-state index contributed by atoms with van der Waals surface area (Å²) in [4.78, 5) is 15.9. The van der Waals surface area contributed by atoms with Crippen molar-refractivity contribution in [2.75, 3.05) is 11.2 Å². The van der Waals surface area contributed by atoms with E-state index >= 15 is 0 Å². The molecule has 1 heterocycles. The van der Waals surface area contributed by atoms with E-state index in [2.05, 4.69) is 13.0 Å². The Morgan fingerprint density at radius 2 is 1.91 bits per heavy atom. The maximum atomic E-state index is 12.8. The molecule has 120 valence electrons. The van der Waals surface area contributed by atoms with Gasteiger partial charge in [0.05, 0.1) is 0 Å². The number of rotatable bonds is 4. The number of benzene rings is 2. The van der Waals surface area contributed by atoms with Crippen molar-refractivity contribution in [3.63, 3.8) is 0 Å². The summed E-state index contributed by atoms with van der Waals surface area (Å²) in [5, 5.41) is 0. The van der Waals surface area contributed by atoms with Gasteiger partial charge in [-0.3, -0.25) is 4.79 Å². The molecule has 23 heavy (non-hydrogen) atoms. The topological polar surface area (TPSA) is 29.5 Å². The second-order valence-electron chi connectivity index (χ2n) is 5.83. The van der Waals surface area contributed by atoms with E-state index in [-0.39, 0.29) is 11.9 Å². The van der Waals surface area contributed by atoms with Gasteiger partial charge in [-0.15, -0.1) is 11.8 Å². The largest absolute Gasteiger partial charge is 0.481 e. The summed E-state index contributed by atoms with van der Waals surface area (Å²) in [7, 11) is 0. The van der Waals surface area contributed by atoms with Crippen molar-refractivity contribution in [2.45, 2.75) is 37.3 Å². The molecule has 0 aliphatic carbocycles. The van der Waals surface area contributed by atoms with E-state index in [1.54, 1.807) is 11.8 Å². The number of hydrogen-bond donors (Lipinski definition) is 0. The van der Waals surface area contributed by atoms with Gasteiger partial charge in [-0.1, -0.05) is 18.2 Å². The van der Waals surface area contributed by atoms with Crippen LogP contribution in [0.2, 0.25) is 0 Å². The molecule has 1 amide bonds. The Morgan fingerprint density at radius 3 is 2.61 bits per heavy atom. The summed E-state index contributed by atoms with van der Waals surface area (Å²) >= 11 is 1.68. The Balaban J connectivity index is 1.74. The first-order chi connectivity index (χ1) is 11.1. The number of carbonyl (C=O) groups is 1. The lowest BCUT2D eigenvalue weighted by Gasteiger charge is -2.26. The van der Waals surface area contributed by atoms with Crippen molar-refractivity contribution in [3.8, 4) is 5.75 Å². The van der Waals surface area contributed by atoms with Crippen LogP contribution in [-0.4, -0.2) is 24.3 Å². The second kappa shape index (κ2) is 6.67. The number of ether oxygens (including phenoxy) is 1. The first kappa shape index (κ1) is 15.9. The van der Waals surface area contributed by atoms with Gasteiger partial charge in [0.1, 0.15) is 5.75 Å². The fraction of sp³-hybridized carbons (Fsp3) is 0.316. The molecular formula is C19H21NO2S. The van der Waals surface area contributed by atoms with E-state index in [0.29, 0.717) is 0 Å². The van der Waals surface area contributed by atoms with Crippen LogP contribution in [0.4, 0.5) is 5.69 Å². The molecule has 3 rings (SSSR count). The molecule has 2 unspecified atom stereocenters. The normalized spacial score (nSPS) is 17.7. The Bertz CT molecular complexity index is 699. The average Bonchev–Trinajstić information content (AvgIpc) is 2.90. The Labute approximate surface area is 141 Å². The van der Waals surface area contributed by atoms with Gasteiger partial charge in [0.15, 0.2) is 6.10 Å². The molecule has 0 bridgehead atoms. The van der Waals surface area contributed by atoms with Gasteiger partial charge in [-0.25, -0.2) is 0 Å². The first-order valence-corrected chi connectivity index (χ1v) is 9.04. The maximum absolute atomic E-state index is 12.8. The van der Waals surface area contributed by atoms with Crippen molar-refractivity contribution in [2.24, 2.45) is 0 Å². The minimum Gasteiger partial charge on any atom is -0.481 e. The number of amides is 1. The predicted octanol–water partition coefficient (Wildman–Crippen LogP) is 4.15. The summed E-state index contributed by atoms with van der Waals surface area (Å²) in [5.74, 6) is 0.736. The Kier molecular flexibility index (Phi) is 4.62. The molecule has 0 aromatic heterocycles. The quantitative estimate of drug-likeness (QED) is 0.790. The lowest BCUT2D eigenvalue weighted by molar-refractivity contribution is -0.124. The first-order valence-electron chi connectivity index (χ1n) is 7.82. The summed E-state index contributed by atoms with van der Waals surface area (Å²) in [6.45, 7) is 3.90. The highest BCUT2D eigenvalue weighted by Gasteiger charge is 2.33. The molecule has 0 saturated carbocycles. The van der Waals surface area contributed by atoms with Crippen molar-refractivity contribution in [1.29, 1.82) is 0 Å². The zero-order chi connectivity index (χ0) is 16.4. The fourth-order valence-corrected chi connectivity index (χ4v) is 3.41. The van der Waals surface area contributed by atoms with Crippen molar-refractivity contribution in [1.82, 2.24) is 0 Å². The van der Waals surface area contributed by atoms with E-state index in [9.17, 15) is 4.79 Å². The molecule has 1 aliphatic heterocycles. The zero-order valence-corrected chi connectivity index (χ0v) is 14.5. The minimum absolute atomic E-state index is 0.0105. The maximum Gasteiger partial charge on any atom is 0.268 e. The van der Waals surface area contributed by atoms with Gasteiger partial charge >= 0.3 is 0 Å². The minimum atomic E-state index is -0.510. The van der Waals surface area contributed by atoms with Crippen molar-refractivity contribution < 1.29 is 9.53 Å². The molecule has 0 radical (unpaired) electrons. The van der Waals surface area contributed by atoms with Gasteiger partial charge in [-0.2, -0.15) is 0 Å². The van der Waals surface area contributed by atoms with Crippen LogP contribution in [0.5, 0.6) is 5.75 Å². The monoisotopic (exact) mass is 327 g/mol. The summed E-state index contributed by atoms with van der Waals surface area (Å²) < 4.78 is 5.85. The zero-order valence-electron chi connectivity index (χ0n) is 13.7. The summed E-state index contributed by atoms with van der Waals surface area (Å²) in [5.41, 5.74) is 2.24. The van der Waals surface area contributed by atoms with Gasteiger partial charge in [0.25, 0.3) is 5.91 Å². The molecule has 4 heteroatoms. The number of fused-ring (bicyclic) bond motifs is 1. The van der Waals surface area contributed by atoms with Gasteiger partial charge in [0, 0.05) is 16.6 Å². The van der Waals surface area contributed by atoms with Crippen LogP contribution < -0.4 is 9.64 Å². The third kappa shape index (κ3) is 3.22. The Hall–Kier alpha value is -1.94. The highest BCUT2D eigenvalue weighted by molar-refractivity contribution is 7.98. The lowest BCUT2D eigenvalue weighted by atomic mass is 10.1. The third-order valence-corrected chi connectivity index (χ3v) is 4.91. The van der Waals surface area contributed by atoms with E-state index in [1.165, 1.54) is 10.5 Å². The van der Waals surface area contributed by atoms with Crippen LogP contribution >= 0.6 is 11.8 Å². The molecule has 1 aliphatic rings. The number of carbonyl (C=O) groups excluding carboxylic acids is 1. The van der Waals surface area contributed by atoms with E-state index in [1.807, 2.05) is 60.5 Å². The van der Waals surface area contributed by atoms with Crippen LogP contribution in [0.25, 0.3) is 0 Å². The van der Waals surface area contributed by atoms with Crippen LogP contribution in [0.3, 0.4) is 0 Å². The van der Waals surface area contributed by atoms with Crippen molar-refractivity contribution >= 4 is 23.4 Å². The standard InChI is InChI=1S/C19H21NO2S/c1-13-12-15-6-4-5-7-18(15)20(13)19(21)14(2)22-16-8-10-17(23-3)11-9-16/h4-11,13-14H,12H2,1-3H3. The van der Waals surface area contributed by atoms with Crippen molar-refractivity contribution in [3.05, 3.63) is 54.1 Å². The van der Waals surface area contributed by atoms with Gasteiger partial charge < -0.3 is 9.64 Å². The van der Waals surface area contributed by atoms with Crippen LogP contribution in [-0.2, 0) is 11.2 Å². The number of anilines is 1. The second-order valence-corrected chi connectivity index (χ2v) is 6.71. The van der Waals surface area contributed by atoms with E-state index in [4.69, 9.17) is 4.74 Å². The number of para-hydroxylation sites is 1. The van der Waals surface area contributed by atoms with E-state index in [0.717, 1.165) is 17.9 Å². The van der Waals surface area contributed by atoms with Crippen LogP contribution in [0.15, 0.2) is 53.4 Å². The predicted molar refractivity (Wildman–Crippen MR) is 95.4 cm³/mol. The molecule has 0 spiro atoms.